The van der Waals surface area contributed by atoms with E-state index in [4.69, 9.17) is 11.6 Å². The van der Waals surface area contributed by atoms with E-state index in [1.54, 1.807) is 12.1 Å². The van der Waals surface area contributed by atoms with Crippen LogP contribution in [0.2, 0.25) is 5.02 Å². The Bertz CT molecular complexity index is 611. The van der Waals surface area contributed by atoms with Gasteiger partial charge in [-0.1, -0.05) is 35.5 Å². The van der Waals surface area contributed by atoms with Crippen LogP contribution in [0.4, 0.5) is 0 Å². The van der Waals surface area contributed by atoms with Crippen LogP contribution in [-0.2, 0) is 11.3 Å². The number of carbonyl (C=O) groups excluding carboxylic acids is 1. The van der Waals surface area contributed by atoms with Gasteiger partial charge >= 0.3 is 0 Å². The number of benzene rings is 1. The van der Waals surface area contributed by atoms with Gasteiger partial charge in [0.1, 0.15) is 0 Å². The molecule has 1 aromatic heterocycles. The molecule has 2 aromatic rings. The first kappa shape index (κ1) is 15.8. The van der Waals surface area contributed by atoms with Crippen LogP contribution < -0.4 is 5.32 Å². The number of hydrogen-bond acceptors (Lipinski definition) is 4. The Hall–Kier alpha value is -1.59. The van der Waals surface area contributed by atoms with Crippen molar-refractivity contribution < 1.29 is 4.79 Å². The van der Waals surface area contributed by atoms with Crippen LogP contribution in [-0.4, -0.2) is 21.6 Å². The van der Waals surface area contributed by atoms with Gasteiger partial charge in [0.15, 0.2) is 5.16 Å². The van der Waals surface area contributed by atoms with Crippen molar-refractivity contribution >= 4 is 29.3 Å². The topological polar surface area (TPSA) is 54.9 Å². The van der Waals surface area contributed by atoms with Crippen molar-refractivity contribution in [2.75, 3.05) is 5.75 Å². The van der Waals surface area contributed by atoms with Crippen molar-refractivity contribution in [3.8, 4) is 0 Å². The molecule has 1 N–H and O–H groups in total. The average molecular weight is 322 g/mol. The van der Waals surface area contributed by atoms with E-state index in [0.717, 1.165) is 17.0 Å². The quantitative estimate of drug-likeness (QED) is 0.679. The number of nitrogens with one attached hydrogen (secondary N) is 1. The Labute approximate surface area is 133 Å². The minimum absolute atomic E-state index is 0.0438. The molecule has 0 radical (unpaired) electrons. The summed E-state index contributed by atoms with van der Waals surface area (Å²) in [5, 5.41) is 4.18. The van der Waals surface area contributed by atoms with Crippen molar-refractivity contribution in [3.05, 3.63) is 52.3 Å². The molecule has 110 valence electrons. The Kier molecular flexibility index (Phi) is 5.59. The van der Waals surface area contributed by atoms with E-state index in [-0.39, 0.29) is 5.91 Å². The van der Waals surface area contributed by atoms with Gasteiger partial charge in [-0.2, -0.15) is 0 Å². The molecular formula is C15H16ClN3OS. The molecule has 0 saturated carbocycles. The maximum Gasteiger partial charge on any atom is 0.230 e. The number of halogens is 1. The Morgan fingerprint density at radius 1 is 1.19 bits per heavy atom. The van der Waals surface area contributed by atoms with Gasteiger partial charge in [-0.3, -0.25) is 4.79 Å². The number of hydrogen-bond donors (Lipinski definition) is 1. The molecule has 0 fully saturated rings. The molecule has 0 unspecified atom stereocenters. The van der Waals surface area contributed by atoms with Crippen LogP contribution in [0.5, 0.6) is 0 Å². The van der Waals surface area contributed by atoms with Crippen molar-refractivity contribution in [2.45, 2.75) is 25.5 Å². The van der Waals surface area contributed by atoms with Gasteiger partial charge in [0, 0.05) is 23.0 Å². The summed E-state index contributed by atoms with van der Waals surface area (Å²) in [6, 6.07) is 9.30. The smallest absolute Gasteiger partial charge is 0.230 e. The fourth-order valence-electron chi connectivity index (χ4n) is 1.74. The fraction of sp³-hybridized carbons (Fsp3) is 0.267. The molecule has 0 saturated heterocycles. The number of aryl methyl sites for hydroxylation is 2. The zero-order valence-electron chi connectivity index (χ0n) is 11.9. The molecule has 0 aliphatic heterocycles. The summed E-state index contributed by atoms with van der Waals surface area (Å²) in [5.74, 6) is 0.258. The summed E-state index contributed by atoms with van der Waals surface area (Å²) in [7, 11) is 0. The number of nitrogens with zero attached hydrogens (tertiary/aromatic N) is 2. The van der Waals surface area contributed by atoms with Crippen molar-refractivity contribution in [2.24, 2.45) is 0 Å². The highest BCUT2D eigenvalue weighted by Crippen LogP contribution is 2.14. The maximum absolute atomic E-state index is 11.8. The van der Waals surface area contributed by atoms with Gasteiger partial charge < -0.3 is 5.32 Å². The highest BCUT2D eigenvalue weighted by molar-refractivity contribution is 7.99. The third-order valence-corrected chi connectivity index (χ3v) is 3.80. The summed E-state index contributed by atoms with van der Waals surface area (Å²) >= 11 is 7.15. The SMILES string of the molecule is Cc1cc(C)nc(SCC(=O)NCc2ccc(Cl)cc2)n1. The lowest BCUT2D eigenvalue weighted by Gasteiger charge is -2.06. The Balaban J connectivity index is 1.80. The number of aromatic nitrogens is 2. The molecule has 1 aromatic carbocycles. The minimum Gasteiger partial charge on any atom is -0.351 e. The zero-order valence-corrected chi connectivity index (χ0v) is 13.5. The second-order valence-electron chi connectivity index (χ2n) is 4.63. The number of rotatable bonds is 5. The standard InChI is InChI=1S/C15H16ClN3OS/c1-10-7-11(2)19-15(18-10)21-9-14(20)17-8-12-3-5-13(16)6-4-12/h3-7H,8-9H2,1-2H3,(H,17,20). The van der Waals surface area contributed by atoms with Crippen molar-refractivity contribution in [1.82, 2.24) is 15.3 Å². The molecule has 1 amide bonds. The van der Waals surface area contributed by atoms with E-state index in [2.05, 4.69) is 15.3 Å². The van der Waals surface area contributed by atoms with E-state index >= 15 is 0 Å². The third-order valence-electron chi connectivity index (χ3n) is 2.70. The molecule has 21 heavy (non-hydrogen) atoms. The second-order valence-corrected chi connectivity index (χ2v) is 6.00. The highest BCUT2D eigenvalue weighted by Gasteiger charge is 2.06. The molecular weight excluding hydrogens is 306 g/mol. The van der Waals surface area contributed by atoms with Crippen LogP contribution >= 0.6 is 23.4 Å². The summed E-state index contributed by atoms with van der Waals surface area (Å²) < 4.78 is 0. The van der Waals surface area contributed by atoms with E-state index in [9.17, 15) is 4.79 Å². The Morgan fingerprint density at radius 3 is 2.43 bits per heavy atom. The second kappa shape index (κ2) is 7.43. The average Bonchev–Trinajstić information content (AvgIpc) is 2.43. The first-order valence-electron chi connectivity index (χ1n) is 6.49. The van der Waals surface area contributed by atoms with Gasteiger partial charge in [-0.05, 0) is 37.6 Å². The summed E-state index contributed by atoms with van der Waals surface area (Å²) in [5.41, 5.74) is 2.83. The lowest BCUT2D eigenvalue weighted by Crippen LogP contribution is -2.24. The van der Waals surface area contributed by atoms with Crippen LogP contribution in [0.3, 0.4) is 0 Å². The number of thioether (sulfide) groups is 1. The fourth-order valence-corrected chi connectivity index (χ4v) is 2.65. The van der Waals surface area contributed by atoms with Gasteiger partial charge in [0.25, 0.3) is 0 Å². The van der Waals surface area contributed by atoms with Gasteiger partial charge in [0.05, 0.1) is 5.75 Å². The normalized spacial score (nSPS) is 10.4. The van der Waals surface area contributed by atoms with E-state index in [1.165, 1.54) is 11.8 Å². The lowest BCUT2D eigenvalue weighted by atomic mass is 10.2. The molecule has 6 heteroatoms. The van der Waals surface area contributed by atoms with Crippen LogP contribution in [0.25, 0.3) is 0 Å². The van der Waals surface area contributed by atoms with Crippen LogP contribution in [0, 0.1) is 13.8 Å². The van der Waals surface area contributed by atoms with Crippen molar-refractivity contribution in [3.63, 3.8) is 0 Å². The first-order valence-corrected chi connectivity index (χ1v) is 7.85. The van der Waals surface area contributed by atoms with Gasteiger partial charge in [0.2, 0.25) is 5.91 Å². The van der Waals surface area contributed by atoms with Gasteiger partial charge in [-0.15, -0.1) is 0 Å². The monoisotopic (exact) mass is 321 g/mol. The Morgan fingerprint density at radius 2 is 1.81 bits per heavy atom. The molecule has 0 bridgehead atoms. The predicted octanol–water partition coefficient (Wildman–Crippen LogP) is 3.16. The van der Waals surface area contributed by atoms with Gasteiger partial charge in [-0.25, -0.2) is 9.97 Å². The number of amides is 1. The first-order chi connectivity index (χ1) is 10.0. The van der Waals surface area contributed by atoms with E-state index < -0.39 is 0 Å². The number of carbonyl (C=O) groups is 1. The predicted molar refractivity (Wildman–Crippen MR) is 85.5 cm³/mol. The molecule has 4 nitrogen and oxygen atoms in total. The molecule has 1 heterocycles. The summed E-state index contributed by atoms with van der Waals surface area (Å²) in [6.07, 6.45) is 0. The third kappa shape index (κ3) is 5.36. The van der Waals surface area contributed by atoms with Crippen LogP contribution in [0.1, 0.15) is 17.0 Å². The summed E-state index contributed by atoms with van der Waals surface area (Å²) in [6.45, 7) is 4.32. The van der Waals surface area contributed by atoms with Crippen molar-refractivity contribution in [1.29, 1.82) is 0 Å². The lowest BCUT2D eigenvalue weighted by molar-refractivity contribution is -0.118. The molecule has 2 rings (SSSR count). The highest BCUT2D eigenvalue weighted by atomic mass is 35.5. The minimum atomic E-state index is -0.0438. The molecule has 0 aliphatic rings. The summed E-state index contributed by atoms with van der Waals surface area (Å²) in [4.78, 5) is 20.4. The molecule has 0 atom stereocenters. The largest absolute Gasteiger partial charge is 0.351 e. The van der Waals surface area contributed by atoms with E-state index in [0.29, 0.717) is 22.5 Å². The zero-order chi connectivity index (χ0) is 15.2. The molecule has 0 aliphatic carbocycles. The van der Waals surface area contributed by atoms with E-state index in [1.807, 2.05) is 32.0 Å². The maximum atomic E-state index is 11.8. The van der Waals surface area contributed by atoms with Crippen LogP contribution in [0.15, 0.2) is 35.5 Å². The molecule has 0 spiro atoms.